The van der Waals surface area contributed by atoms with Crippen molar-refractivity contribution < 1.29 is 22.7 Å². The molecule has 10 heteroatoms. The monoisotopic (exact) mass is 401 g/mol. The number of imide groups is 1. The second kappa shape index (κ2) is 9.91. The number of hydrogen-bond acceptors (Lipinski definition) is 6. The zero-order valence-electron chi connectivity index (χ0n) is 14.6. The molecular formula is C16H23N3O5S2. The van der Waals surface area contributed by atoms with Crippen molar-refractivity contribution >= 4 is 33.7 Å². The fourth-order valence-electron chi connectivity index (χ4n) is 2.34. The summed E-state index contributed by atoms with van der Waals surface area (Å²) >= 11 is 1.50. The number of ether oxygens (including phenoxy) is 1. The van der Waals surface area contributed by atoms with Crippen LogP contribution in [0.2, 0.25) is 0 Å². The van der Waals surface area contributed by atoms with E-state index in [0.717, 1.165) is 5.56 Å². The summed E-state index contributed by atoms with van der Waals surface area (Å²) in [6.45, 7) is 1.54. The molecule has 1 fully saturated rings. The van der Waals surface area contributed by atoms with Gasteiger partial charge in [-0.2, -0.15) is 16.1 Å². The molecule has 0 atom stereocenters. The van der Waals surface area contributed by atoms with E-state index in [2.05, 4.69) is 10.6 Å². The van der Waals surface area contributed by atoms with Crippen LogP contribution < -0.4 is 10.6 Å². The van der Waals surface area contributed by atoms with Crippen LogP contribution in [0.4, 0.5) is 4.79 Å². The van der Waals surface area contributed by atoms with Crippen molar-refractivity contribution in [2.45, 2.75) is 17.1 Å². The standard InChI is InChI=1S/C16H23N3O5S2/c1-17-16(21)18-15(20)5-10-25-12-13-3-2-4-14(11-13)26(22,23)19-6-8-24-9-7-19/h2-4,11H,5-10,12H2,1H3,(H2,17,18,20,21). The summed E-state index contributed by atoms with van der Waals surface area (Å²) in [5.41, 5.74) is 0.871. The van der Waals surface area contributed by atoms with Crippen molar-refractivity contribution in [1.82, 2.24) is 14.9 Å². The molecule has 1 heterocycles. The topological polar surface area (TPSA) is 105 Å². The van der Waals surface area contributed by atoms with E-state index in [-0.39, 0.29) is 17.2 Å². The predicted molar refractivity (Wildman–Crippen MR) is 99.4 cm³/mol. The van der Waals surface area contributed by atoms with Crippen LogP contribution in [0.1, 0.15) is 12.0 Å². The first-order chi connectivity index (χ1) is 12.4. The maximum atomic E-state index is 12.7. The zero-order chi connectivity index (χ0) is 19.0. The Kier molecular flexibility index (Phi) is 7.88. The molecule has 1 aromatic rings. The van der Waals surface area contributed by atoms with Crippen molar-refractivity contribution in [2.75, 3.05) is 39.1 Å². The molecule has 26 heavy (non-hydrogen) atoms. The molecule has 0 aromatic heterocycles. The average Bonchev–Trinajstić information content (AvgIpc) is 2.66. The molecule has 0 unspecified atom stereocenters. The number of carbonyl (C=O) groups is 2. The van der Waals surface area contributed by atoms with Gasteiger partial charge in [-0.1, -0.05) is 12.1 Å². The van der Waals surface area contributed by atoms with Crippen LogP contribution in [0.3, 0.4) is 0 Å². The molecule has 144 valence electrons. The van der Waals surface area contributed by atoms with Gasteiger partial charge in [-0.3, -0.25) is 10.1 Å². The Morgan fingerprint density at radius 1 is 1.27 bits per heavy atom. The molecule has 1 saturated heterocycles. The SMILES string of the molecule is CNC(=O)NC(=O)CCSCc1cccc(S(=O)(=O)N2CCOCC2)c1. The zero-order valence-corrected chi connectivity index (χ0v) is 16.2. The molecule has 1 aliphatic rings. The summed E-state index contributed by atoms with van der Waals surface area (Å²) in [4.78, 5) is 22.8. The number of nitrogens with zero attached hydrogens (tertiary/aromatic N) is 1. The lowest BCUT2D eigenvalue weighted by atomic mass is 10.2. The molecule has 8 nitrogen and oxygen atoms in total. The van der Waals surface area contributed by atoms with Crippen LogP contribution in [0, 0.1) is 0 Å². The van der Waals surface area contributed by atoms with Crippen LogP contribution in [-0.4, -0.2) is 63.8 Å². The Hall–Kier alpha value is -1.62. The van der Waals surface area contributed by atoms with Gasteiger partial charge in [0.25, 0.3) is 0 Å². The highest BCUT2D eigenvalue weighted by Gasteiger charge is 2.26. The number of hydrogen-bond donors (Lipinski definition) is 2. The lowest BCUT2D eigenvalue weighted by Gasteiger charge is -2.26. The minimum absolute atomic E-state index is 0.212. The third kappa shape index (κ3) is 5.97. The smallest absolute Gasteiger partial charge is 0.321 e. The maximum absolute atomic E-state index is 12.7. The minimum Gasteiger partial charge on any atom is -0.379 e. The van der Waals surface area contributed by atoms with Crippen LogP contribution in [0.25, 0.3) is 0 Å². The third-order valence-electron chi connectivity index (χ3n) is 3.73. The molecule has 1 aliphatic heterocycles. The van der Waals surface area contributed by atoms with Crippen molar-refractivity contribution in [3.05, 3.63) is 29.8 Å². The Labute approximate surface area is 157 Å². The fourth-order valence-corrected chi connectivity index (χ4v) is 4.71. The number of urea groups is 1. The summed E-state index contributed by atoms with van der Waals surface area (Å²) in [7, 11) is -2.07. The Morgan fingerprint density at radius 3 is 2.69 bits per heavy atom. The molecule has 2 N–H and O–H groups in total. The van der Waals surface area contributed by atoms with Gasteiger partial charge in [-0.05, 0) is 17.7 Å². The van der Waals surface area contributed by atoms with E-state index in [4.69, 9.17) is 4.74 Å². The van der Waals surface area contributed by atoms with E-state index in [9.17, 15) is 18.0 Å². The molecule has 1 aromatic carbocycles. The molecule has 0 radical (unpaired) electrons. The lowest BCUT2D eigenvalue weighted by molar-refractivity contribution is -0.119. The van der Waals surface area contributed by atoms with Gasteiger partial charge in [0.2, 0.25) is 15.9 Å². The summed E-state index contributed by atoms with van der Waals surface area (Å²) < 4.78 is 32.0. The second-order valence-electron chi connectivity index (χ2n) is 5.59. The predicted octanol–water partition coefficient (Wildman–Crippen LogP) is 0.786. The first-order valence-corrected chi connectivity index (χ1v) is 10.8. The number of nitrogens with one attached hydrogen (secondary N) is 2. The van der Waals surface area contributed by atoms with Gasteiger partial charge < -0.3 is 10.1 Å². The lowest BCUT2D eigenvalue weighted by Crippen LogP contribution is -2.40. The van der Waals surface area contributed by atoms with Crippen LogP contribution in [0.15, 0.2) is 29.2 Å². The fraction of sp³-hybridized carbons (Fsp3) is 0.500. The maximum Gasteiger partial charge on any atom is 0.321 e. The molecule has 0 spiro atoms. The van der Waals surface area contributed by atoms with Gasteiger partial charge in [-0.15, -0.1) is 0 Å². The number of carbonyl (C=O) groups excluding carboxylic acids is 2. The number of sulfonamides is 1. The van der Waals surface area contributed by atoms with Gasteiger partial charge in [0.05, 0.1) is 18.1 Å². The molecule has 2 rings (SSSR count). The number of rotatable bonds is 7. The van der Waals surface area contributed by atoms with E-state index in [1.54, 1.807) is 18.2 Å². The van der Waals surface area contributed by atoms with Gasteiger partial charge in [0.15, 0.2) is 0 Å². The first-order valence-electron chi connectivity index (χ1n) is 8.19. The molecular weight excluding hydrogens is 378 g/mol. The minimum atomic E-state index is -3.51. The summed E-state index contributed by atoms with van der Waals surface area (Å²) in [5, 5.41) is 4.51. The Morgan fingerprint density at radius 2 is 2.00 bits per heavy atom. The number of thioether (sulfide) groups is 1. The Balaban J connectivity index is 1.87. The van der Waals surface area contributed by atoms with E-state index in [1.165, 1.54) is 23.1 Å². The van der Waals surface area contributed by atoms with Gasteiger partial charge in [0.1, 0.15) is 0 Å². The van der Waals surface area contributed by atoms with E-state index in [0.29, 0.717) is 37.8 Å². The van der Waals surface area contributed by atoms with Crippen LogP contribution in [-0.2, 0) is 25.3 Å². The molecule has 0 aliphatic carbocycles. The molecule has 0 saturated carbocycles. The molecule has 0 bridgehead atoms. The molecule has 3 amide bonds. The quantitative estimate of drug-likeness (QED) is 0.655. The van der Waals surface area contributed by atoms with Crippen LogP contribution >= 0.6 is 11.8 Å². The summed E-state index contributed by atoms with van der Waals surface area (Å²) in [5.74, 6) is 0.767. The average molecular weight is 402 g/mol. The van der Waals surface area contributed by atoms with E-state index >= 15 is 0 Å². The van der Waals surface area contributed by atoms with Gasteiger partial charge >= 0.3 is 6.03 Å². The highest BCUT2D eigenvalue weighted by molar-refractivity contribution is 7.98. The van der Waals surface area contributed by atoms with Crippen LogP contribution in [0.5, 0.6) is 0 Å². The third-order valence-corrected chi connectivity index (χ3v) is 6.65. The summed E-state index contributed by atoms with van der Waals surface area (Å²) in [6.07, 6.45) is 0.212. The Bertz CT molecular complexity index is 733. The van der Waals surface area contributed by atoms with Crippen molar-refractivity contribution in [1.29, 1.82) is 0 Å². The van der Waals surface area contributed by atoms with Gasteiger partial charge in [0, 0.05) is 38.1 Å². The highest BCUT2D eigenvalue weighted by Crippen LogP contribution is 2.21. The van der Waals surface area contributed by atoms with Crippen molar-refractivity contribution in [3.63, 3.8) is 0 Å². The highest BCUT2D eigenvalue weighted by atomic mass is 32.2. The van der Waals surface area contributed by atoms with Crippen molar-refractivity contribution in [3.8, 4) is 0 Å². The first kappa shape index (κ1) is 20.7. The summed E-state index contributed by atoms with van der Waals surface area (Å²) in [6, 6.07) is 6.32. The van der Waals surface area contributed by atoms with Gasteiger partial charge in [-0.25, -0.2) is 13.2 Å². The normalized spacial score (nSPS) is 15.4. The number of benzene rings is 1. The van der Waals surface area contributed by atoms with E-state index < -0.39 is 16.1 Å². The van der Waals surface area contributed by atoms with Crippen molar-refractivity contribution in [2.24, 2.45) is 0 Å². The van der Waals surface area contributed by atoms with E-state index in [1.807, 2.05) is 6.07 Å². The number of amides is 3. The number of morpholine rings is 1. The largest absolute Gasteiger partial charge is 0.379 e. The second-order valence-corrected chi connectivity index (χ2v) is 8.64.